The Bertz CT molecular complexity index is 1000. The van der Waals surface area contributed by atoms with Crippen LogP contribution in [0.5, 0.6) is 0 Å². The second kappa shape index (κ2) is 4.81. The molecule has 0 unspecified atom stereocenters. The van der Waals surface area contributed by atoms with Crippen LogP contribution < -0.4 is 0 Å². The maximum absolute atomic E-state index is 14.3. The number of aromatic amines is 1. The number of hydrogen-bond donors (Lipinski definition) is 1. The van der Waals surface area contributed by atoms with Crippen molar-refractivity contribution in [3.63, 3.8) is 0 Å². The molecule has 22 heavy (non-hydrogen) atoms. The van der Waals surface area contributed by atoms with E-state index in [9.17, 15) is 4.39 Å². The second-order valence-electron chi connectivity index (χ2n) is 5.00. The highest BCUT2D eigenvalue weighted by Crippen LogP contribution is 2.37. The van der Waals surface area contributed by atoms with Gasteiger partial charge in [0.1, 0.15) is 5.82 Å². The van der Waals surface area contributed by atoms with E-state index in [-0.39, 0.29) is 5.82 Å². The van der Waals surface area contributed by atoms with Gasteiger partial charge in [-0.05, 0) is 25.3 Å². The number of hydrogen-bond acceptors (Lipinski definition) is 4. The fourth-order valence-corrected chi connectivity index (χ4v) is 3.30. The van der Waals surface area contributed by atoms with E-state index in [1.807, 2.05) is 31.5 Å². The normalized spacial score (nSPS) is 11.6. The molecular formula is C15H12FN5S. The van der Waals surface area contributed by atoms with Crippen molar-refractivity contribution in [2.45, 2.75) is 11.8 Å². The number of aryl methyl sites for hydroxylation is 1. The number of thioether (sulfide) groups is 1. The zero-order chi connectivity index (χ0) is 15.3. The molecule has 110 valence electrons. The Morgan fingerprint density at radius 1 is 1.32 bits per heavy atom. The molecule has 0 fully saturated rings. The molecule has 1 aromatic carbocycles. The maximum atomic E-state index is 14.3. The lowest BCUT2D eigenvalue weighted by atomic mass is 10.1. The van der Waals surface area contributed by atoms with Gasteiger partial charge in [-0.25, -0.2) is 13.9 Å². The van der Waals surface area contributed by atoms with Gasteiger partial charge in [-0.1, -0.05) is 0 Å². The van der Waals surface area contributed by atoms with E-state index in [0.717, 1.165) is 22.3 Å². The molecule has 0 radical (unpaired) electrons. The summed E-state index contributed by atoms with van der Waals surface area (Å²) in [5.74, 6) is -0.275. The predicted octanol–water partition coefficient (Wildman–Crippen LogP) is 3.44. The van der Waals surface area contributed by atoms with E-state index < -0.39 is 0 Å². The highest BCUT2D eigenvalue weighted by Gasteiger charge is 2.17. The van der Waals surface area contributed by atoms with Crippen molar-refractivity contribution in [3.8, 4) is 11.3 Å². The SMILES string of the molecule is CSc1c(F)cc2[nH]ncc2c1-c1ccc2nc(C)cn2n1. The summed E-state index contributed by atoms with van der Waals surface area (Å²) < 4.78 is 16.1. The molecule has 5 nitrogen and oxygen atoms in total. The number of H-pyrrole nitrogens is 1. The molecule has 3 aromatic heterocycles. The van der Waals surface area contributed by atoms with Crippen LogP contribution in [0.3, 0.4) is 0 Å². The minimum Gasteiger partial charge on any atom is -0.278 e. The molecule has 0 aliphatic carbocycles. The fourth-order valence-electron chi connectivity index (χ4n) is 2.63. The van der Waals surface area contributed by atoms with Gasteiger partial charge in [-0.3, -0.25) is 5.10 Å². The minimum absolute atomic E-state index is 0.275. The van der Waals surface area contributed by atoms with Crippen LogP contribution in [0.15, 0.2) is 35.5 Å². The molecule has 4 rings (SSSR count). The molecule has 3 heterocycles. The summed E-state index contributed by atoms with van der Waals surface area (Å²) in [6.07, 6.45) is 5.41. The van der Waals surface area contributed by atoms with Crippen LogP contribution in [0.25, 0.3) is 27.8 Å². The monoisotopic (exact) mass is 313 g/mol. The molecule has 1 N–H and O–H groups in total. The van der Waals surface area contributed by atoms with E-state index >= 15 is 0 Å². The average molecular weight is 313 g/mol. The van der Waals surface area contributed by atoms with E-state index in [2.05, 4.69) is 20.3 Å². The van der Waals surface area contributed by atoms with E-state index in [1.165, 1.54) is 17.8 Å². The molecule has 0 saturated carbocycles. The number of imidazole rings is 1. The first-order valence-corrected chi connectivity index (χ1v) is 7.93. The van der Waals surface area contributed by atoms with Gasteiger partial charge < -0.3 is 0 Å². The number of nitrogens with one attached hydrogen (secondary N) is 1. The highest BCUT2D eigenvalue weighted by molar-refractivity contribution is 7.98. The number of halogens is 1. The van der Waals surface area contributed by atoms with Gasteiger partial charge in [0.2, 0.25) is 0 Å². The average Bonchev–Trinajstić information content (AvgIpc) is 3.09. The Hall–Kier alpha value is -2.41. The zero-order valence-electron chi connectivity index (χ0n) is 12.0. The highest BCUT2D eigenvalue weighted by atomic mass is 32.2. The first kappa shape index (κ1) is 13.3. The second-order valence-corrected chi connectivity index (χ2v) is 5.82. The molecule has 0 atom stereocenters. The van der Waals surface area contributed by atoms with Crippen LogP contribution in [-0.4, -0.2) is 31.1 Å². The molecule has 7 heteroatoms. The number of benzene rings is 1. The topological polar surface area (TPSA) is 58.9 Å². The van der Waals surface area contributed by atoms with Gasteiger partial charge in [0.05, 0.1) is 34.2 Å². The van der Waals surface area contributed by atoms with Crippen molar-refractivity contribution in [2.24, 2.45) is 0 Å². The Balaban J connectivity index is 2.07. The number of fused-ring (bicyclic) bond motifs is 2. The van der Waals surface area contributed by atoms with Crippen molar-refractivity contribution < 1.29 is 4.39 Å². The first-order valence-electron chi connectivity index (χ1n) is 6.70. The Morgan fingerprint density at radius 2 is 2.18 bits per heavy atom. The van der Waals surface area contributed by atoms with Crippen molar-refractivity contribution in [1.29, 1.82) is 0 Å². The summed E-state index contributed by atoms with van der Waals surface area (Å²) in [6, 6.07) is 5.22. The van der Waals surface area contributed by atoms with Crippen molar-refractivity contribution >= 4 is 28.3 Å². The maximum Gasteiger partial charge on any atom is 0.153 e. The summed E-state index contributed by atoms with van der Waals surface area (Å²) in [7, 11) is 0. The van der Waals surface area contributed by atoms with Crippen LogP contribution in [-0.2, 0) is 0 Å². The largest absolute Gasteiger partial charge is 0.278 e. The van der Waals surface area contributed by atoms with Crippen molar-refractivity contribution in [2.75, 3.05) is 6.26 Å². The van der Waals surface area contributed by atoms with Gasteiger partial charge in [-0.2, -0.15) is 10.2 Å². The van der Waals surface area contributed by atoms with Crippen LogP contribution in [0.1, 0.15) is 5.69 Å². The first-order chi connectivity index (χ1) is 10.7. The number of aromatic nitrogens is 5. The van der Waals surface area contributed by atoms with Crippen LogP contribution >= 0.6 is 11.8 Å². The summed E-state index contributed by atoms with van der Waals surface area (Å²) in [6.45, 7) is 1.91. The van der Waals surface area contributed by atoms with E-state index in [4.69, 9.17) is 0 Å². The smallest absolute Gasteiger partial charge is 0.153 e. The molecular weight excluding hydrogens is 301 g/mol. The molecule has 0 spiro atoms. The molecule has 0 bridgehead atoms. The van der Waals surface area contributed by atoms with E-state index in [0.29, 0.717) is 16.1 Å². The summed E-state index contributed by atoms with van der Waals surface area (Å²) in [4.78, 5) is 4.93. The van der Waals surface area contributed by atoms with Gasteiger partial charge in [0, 0.05) is 17.0 Å². The molecule has 0 aliphatic rings. The summed E-state index contributed by atoms with van der Waals surface area (Å²) in [5, 5.41) is 12.3. The summed E-state index contributed by atoms with van der Waals surface area (Å²) in [5.41, 5.74) is 3.77. The van der Waals surface area contributed by atoms with Crippen LogP contribution in [0, 0.1) is 12.7 Å². The number of rotatable bonds is 2. The predicted molar refractivity (Wildman–Crippen MR) is 84.6 cm³/mol. The third-order valence-electron chi connectivity index (χ3n) is 3.55. The zero-order valence-corrected chi connectivity index (χ0v) is 12.8. The lowest BCUT2D eigenvalue weighted by Gasteiger charge is -2.10. The van der Waals surface area contributed by atoms with Gasteiger partial charge in [-0.15, -0.1) is 11.8 Å². The third-order valence-corrected chi connectivity index (χ3v) is 4.36. The lowest BCUT2D eigenvalue weighted by molar-refractivity contribution is 0.605. The number of nitrogens with zero attached hydrogens (tertiary/aromatic N) is 4. The molecule has 0 amide bonds. The molecule has 0 saturated heterocycles. The van der Waals surface area contributed by atoms with Crippen molar-refractivity contribution in [1.82, 2.24) is 24.8 Å². The quantitative estimate of drug-likeness (QED) is 0.576. The Morgan fingerprint density at radius 3 is 3.00 bits per heavy atom. The minimum atomic E-state index is -0.275. The Labute approximate surface area is 129 Å². The van der Waals surface area contributed by atoms with Gasteiger partial charge in [0.25, 0.3) is 0 Å². The fraction of sp³-hybridized carbons (Fsp3) is 0.133. The summed E-state index contributed by atoms with van der Waals surface area (Å²) >= 11 is 1.36. The molecule has 0 aliphatic heterocycles. The molecule has 4 aromatic rings. The van der Waals surface area contributed by atoms with E-state index in [1.54, 1.807) is 10.7 Å². The van der Waals surface area contributed by atoms with Gasteiger partial charge in [0.15, 0.2) is 5.65 Å². The van der Waals surface area contributed by atoms with Crippen LogP contribution in [0.4, 0.5) is 4.39 Å². The third kappa shape index (κ3) is 1.89. The van der Waals surface area contributed by atoms with Crippen molar-refractivity contribution in [3.05, 3.63) is 42.1 Å². The van der Waals surface area contributed by atoms with Gasteiger partial charge >= 0.3 is 0 Å². The standard InChI is InChI=1S/C15H12FN5S/c1-8-7-21-13(18-8)4-3-11(20-21)14-9-6-17-19-12(9)5-10(16)15(14)22-2/h3-7H,1-2H3,(H,17,19). The Kier molecular flexibility index (Phi) is 2.90. The van der Waals surface area contributed by atoms with Crippen LogP contribution in [0.2, 0.25) is 0 Å². The lowest BCUT2D eigenvalue weighted by Crippen LogP contribution is -1.96.